The summed E-state index contributed by atoms with van der Waals surface area (Å²) in [5.74, 6) is 1.43. The van der Waals surface area contributed by atoms with Crippen LogP contribution < -0.4 is 5.32 Å². The van der Waals surface area contributed by atoms with Crippen LogP contribution in [0.1, 0.15) is 25.5 Å². The van der Waals surface area contributed by atoms with E-state index >= 15 is 0 Å². The van der Waals surface area contributed by atoms with Gasteiger partial charge in [-0.2, -0.15) is 0 Å². The van der Waals surface area contributed by atoms with Gasteiger partial charge >= 0.3 is 0 Å². The average molecular weight is 307 g/mol. The molecule has 1 saturated carbocycles. The van der Waals surface area contributed by atoms with E-state index in [0.717, 1.165) is 46.1 Å². The Labute approximate surface area is 133 Å². The number of rotatable bonds is 4. The fourth-order valence-corrected chi connectivity index (χ4v) is 2.75. The van der Waals surface area contributed by atoms with Crippen molar-refractivity contribution in [1.29, 1.82) is 0 Å². The van der Waals surface area contributed by atoms with Gasteiger partial charge in [-0.25, -0.2) is 9.97 Å². The molecule has 1 aliphatic rings. The summed E-state index contributed by atoms with van der Waals surface area (Å²) in [6.45, 7) is 1.50. The second-order valence-corrected chi connectivity index (χ2v) is 6.06. The van der Waals surface area contributed by atoms with Crippen molar-refractivity contribution >= 4 is 22.5 Å². The second kappa shape index (κ2) is 5.50. The first kappa shape index (κ1) is 13.9. The predicted molar refractivity (Wildman–Crippen MR) is 88.0 cm³/mol. The van der Waals surface area contributed by atoms with E-state index in [0.29, 0.717) is 0 Å². The summed E-state index contributed by atoms with van der Waals surface area (Å²) in [5.41, 5.74) is 3.44. The molecule has 3 aromatic rings. The van der Waals surface area contributed by atoms with Gasteiger partial charge < -0.3 is 9.73 Å². The minimum absolute atomic E-state index is 0.0830. The third kappa shape index (κ3) is 2.95. The fourth-order valence-electron chi connectivity index (χ4n) is 2.75. The molecule has 0 radical (unpaired) electrons. The summed E-state index contributed by atoms with van der Waals surface area (Å²) in [7, 11) is 0. The van der Waals surface area contributed by atoms with Crippen molar-refractivity contribution in [3.8, 4) is 11.5 Å². The van der Waals surface area contributed by atoms with Crippen LogP contribution in [0.3, 0.4) is 0 Å². The minimum atomic E-state index is -0.0830. The number of benzene rings is 1. The average Bonchev–Trinajstić information content (AvgIpc) is 3.22. The van der Waals surface area contributed by atoms with Gasteiger partial charge in [-0.05, 0) is 49.4 Å². The Kier molecular flexibility index (Phi) is 3.33. The van der Waals surface area contributed by atoms with Crippen molar-refractivity contribution in [1.82, 2.24) is 9.97 Å². The Balaban J connectivity index is 1.68. The highest BCUT2D eigenvalue weighted by Gasteiger charge is 2.25. The molecule has 1 aromatic carbocycles. The third-order valence-electron chi connectivity index (χ3n) is 4.06. The largest absolute Gasteiger partial charge is 0.442 e. The van der Waals surface area contributed by atoms with Crippen molar-refractivity contribution in [2.75, 3.05) is 5.32 Å². The quantitative estimate of drug-likeness (QED) is 0.796. The number of anilines is 1. The number of carbonyl (C=O) groups excluding carboxylic acids is 1. The zero-order chi connectivity index (χ0) is 15.8. The maximum atomic E-state index is 11.1. The highest BCUT2D eigenvalue weighted by Crippen LogP contribution is 2.35. The zero-order valence-electron chi connectivity index (χ0n) is 12.9. The molecule has 1 N–H and O–H groups in total. The van der Waals surface area contributed by atoms with E-state index < -0.39 is 0 Å². The monoisotopic (exact) mass is 307 g/mol. The first-order chi connectivity index (χ1) is 11.2. The van der Waals surface area contributed by atoms with Crippen LogP contribution >= 0.6 is 0 Å². The highest BCUT2D eigenvalue weighted by molar-refractivity contribution is 5.92. The molecule has 1 aliphatic carbocycles. The molecule has 0 spiro atoms. The number of oxazole rings is 1. The van der Waals surface area contributed by atoms with E-state index in [-0.39, 0.29) is 5.91 Å². The maximum absolute atomic E-state index is 11.1. The first-order valence-electron chi connectivity index (χ1n) is 7.80. The van der Waals surface area contributed by atoms with E-state index in [1.165, 1.54) is 26.2 Å². The van der Waals surface area contributed by atoms with E-state index in [1.54, 1.807) is 0 Å². The summed E-state index contributed by atoms with van der Waals surface area (Å²) in [6, 6.07) is 9.61. The van der Waals surface area contributed by atoms with Crippen LogP contribution in [0.2, 0.25) is 0 Å². The first-order valence-corrected chi connectivity index (χ1v) is 7.80. The van der Waals surface area contributed by atoms with Crippen molar-refractivity contribution < 1.29 is 9.21 Å². The number of nitrogens with zero attached hydrogens (tertiary/aromatic N) is 2. The summed E-state index contributed by atoms with van der Waals surface area (Å²) >= 11 is 0. The maximum Gasteiger partial charge on any atom is 0.221 e. The van der Waals surface area contributed by atoms with Crippen LogP contribution in [0, 0.1) is 5.92 Å². The molecule has 5 nitrogen and oxygen atoms in total. The van der Waals surface area contributed by atoms with Gasteiger partial charge in [0, 0.05) is 18.0 Å². The number of pyridine rings is 1. The van der Waals surface area contributed by atoms with Crippen LogP contribution in [0.15, 0.2) is 41.1 Å². The van der Waals surface area contributed by atoms with Crippen LogP contribution in [-0.2, 0) is 11.2 Å². The van der Waals surface area contributed by atoms with Gasteiger partial charge in [0.05, 0.1) is 11.2 Å². The molecule has 2 aromatic heterocycles. The second-order valence-electron chi connectivity index (χ2n) is 6.06. The molecule has 116 valence electrons. The molecule has 0 saturated heterocycles. The Morgan fingerprint density at radius 2 is 2.17 bits per heavy atom. The minimum Gasteiger partial charge on any atom is -0.442 e. The van der Waals surface area contributed by atoms with Crippen LogP contribution in [0.25, 0.3) is 22.4 Å². The molecule has 0 atom stereocenters. The number of hydrogen-bond acceptors (Lipinski definition) is 4. The standard InChI is InChI=1S/C18H17N3O2/c1-11(22)20-14-5-7-15-13(9-14)4-6-16(21-15)18-17(19-10-23-18)8-12-2-3-12/h4-7,9-10,12H,2-3,8H2,1H3,(H,20,22). The Morgan fingerprint density at radius 3 is 2.96 bits per heavy atom. The van der Waals surface area contributed by atoms with E-state index in [4.69, 9.17) is 4.42 Å². The van der Waals surface area contributed by atoms with Gasteiger partial charge in [-0.3, -0.25) is 4.79 Å². The lowest BCUT2D eigenvalue weighted by Crippen LogP contribution is -2.05. The number of amides is 1. The van der Waals surface area contributed by atoms with E-state index in [2.05, 4.69) is 15.3 Å². The van der Waals surface area contributed by atoms with Crippen molar-refractivity contribution in [3.05, 3.63) is 42.4 Å². The van der Waals surface area contributed by atoms with Crippen LogP contribution in [-0.4, -0.2) is 15.9 Å². The summed E-state index contributed by atoms with van der Waals surface area (Å²) in [5, 5.41) is 3.76. The molecule has 23 heavy (non-hydrogen) atoms. The van der Waals surface area contributed by atoms with Gasteiger partial charge in [0.15, 0.2) is 12.2 Å². The molecule has 0 aliphatic heterocycles. The number of hydrogen-bond donors (Lipinski definition) is 1. The SMILES string of the molecule is CC(=O)Nc1ccc2nc(-c3ocnc3CC3CC3)ccc2c1. The van der Waals surface area contributed by atoms with Gasteiger partial charge in [-0.15, -0.1) is 0 Å². The van der Waals surface area contributed by atoms with Gasteiger partial charge in [0.1, 0.15) is 5.69 Å². The Hall–Kier alpha value is -2.69. The van der Waals surface area contributed by atoms with Crippen LogP contribution in [0.5, 0.6) is 0 Å². The number of fused-ring (bicyclic) bond motifs is 1. The van der Waals surface area contributed by atoms with Crippen molar-refractivity contribution in [2.45, 2.75) is 26.2 Å². The third-order valence-corrected chi connectivity index (χ3v) is 4.06. The molecule has 0 bridgehead atoms. The van der Waals surface area contributed by atoms with Crippen molar-refractivity contribution in [3.63, 3.8) is 0 Å². The molecule has 1 fully saturated rings. The number of nitrogens with one attached hydrogen (secondary N) is 1. The lowest BCUT2D eigenvalue weighted by molar-refractivity contribution is -0.114. The predicted octanol–water partition coefficient (Wildman–Crippen LogP) is 3.80. The Bertz CT molecular complexity index is 881. The normalized spacial score (nSPS) is 14.1. The molecule has 5 heteroatoms. The molecular formula is C18H17N3O2. The molecule has 4 rings (SSSR count). The molecule has 2 heterocycles. The fraction of sp³-hybridized carbons (Fsp3) is 0.278. The lowest BCUT2D eigenvalue weighted by Gasteiger charge is -2.05. The van der Waals surface area contributed by atoms with Gasteiger partial charge in [0.25, 0.3) is 0 Å². The summed E-state index contributed by atoms with van der Waals surface area (Å²) in [4.78, 5) is 20.2. The van der Waals surface area contributed by atoms with Crippen molar-refractivity contribution in [2.24, 2.45) is 5.92 Å². The van der Waals surface area contributed by atoms with E-state index in [1.807, 2.05) is 30.3 Å². The molecular weight excluding hydrogens is 290 g/mol. The lowest BCUT2D eigenvalue weighted by atomic mass is 10.1. The number of carbonyl (C=O) groups is 1. The highest BCUT2D eigenvalue weighted by atomic mass is 16.3. The summed E-state index contributed by atoms with van der Waals surface area (Å²) in [6.07, 6.45) is 5.03. The van der Waals surface area contributed by atoms with Gasteiger partial charge in [0.2, 0.25) is 5.91 Å². The molecule has 1 amide bonds. The van der Waals surface area contributed by atoms with Crippen LogP contribution in [0.4, 0.5) is 5.69 Å². The Morgan fingerprint density at radius 1 is 1.30 bits per heavy atom. The summed E-state index contributed by atoms with van der Waals surface area (Å²) < 4.78 is 5.57. The molecule has 0 unspecified atom stereocenters. The number of aromatic nitrogens is 2. The van der Waals surface area contributed by atoms with Gasteiger partial charge in [-0.1, -0.05) is 6.07 Å². The van der Waals surface area contributed by atoms with E-state index in [9.17, 15) is 4.79 Å². The zero-order valence-corrected chi connectivity index (χ0v) is 12.9. The topological polar surface area (TPSA) is 68.0 Å². The smallest absolute Gasteiger partial charge is 0.221 e.